The molecule has 0 aliphatic carbocycles. The molecular weight excluding hydrogens is 336 g/mol. The maximum Gasteiger partial charge on any atom is 0.315 e. The summed E-state index contributed by atoms with van der Waals surface area (Å²) >= 11 is 0. The molecule has 7 nitrogen and oxygen atoms in total. The third-order valence-corrected chi connectivity index (χ3v) is 3.85. The lowest BCUT2D eigenvalue weighted by Crippen LogP contribution is -2.37. The van der Waals surface area contributed by atoms with Crippen LogP contribution in [0, 0.1) is 6.92 Å². The SMILES string of the molecule is COc1cc(C)ccc1OCCNC(=O)NCc1ccc2c(c1)OCO2. The average molecular weight is 358 g/mol. The van der Waals surface area contributed by atoms with Gasteiger partial charge in [0.1, 0.15) is 6.61 Å². The van der Waals surface area contributed by atoms with E-state index in [-0.39, 0.29) is 12.8 Å². The van der Waals surface area contributed by atoms with Crippen LogP contribution in [0.4, 0.5) is 4.79 Å². The average Bonchev–Trinajstić information content (AvgIpc) is 3.12. The zero-order valence-electron chi connectivity index (χ0n) is 14.8. The van der Waals surface area contributed by atoms with Crippen LogP contribution >= 0.6 is 0 Å². The van der Waals surface area contributed by atoms with Crippen LogP contribution in [-0.4, -0.2) is 33.1 Å². The molecule has 26 heavy (non-hydrogen) atoms. The monoisotopic (exact) mass is 358 g/mol. The van der Waals surface area contributed by atoms with E-state index in [1.54, 1.807) is 7.11 Å². The fraction of sp³-hybridized carbons (Fsp3) is 0.316. The Morgan fingerprint density at radius 3 is 2.77 bits per heavy atom. The number of fused-ring (bicyclic) bond motifs is 1. The van der Waals surface area contributed by atoms with Gasteiger partial charge in [-0.3, -0.25) is 0 Å². The number of rotatable bonds is 7. The van der Waals surface area contributed by atoms with Gasteiger partial charge in [-0.25, -0.2) is 4.79 Å². The Kier molecular flexibility index (Phi) is 5.68. The van der Waals surface area contributed by atoms with E-state index in [1.807, 2.05) is 43.3 Å². The molecule has 0 fully saturated rings. The van der Waals surface area contributed by atoms with Crippen molar-refractivity contribution in [2.75, 3.05) is 27.1 Å². The van der Waals surface area contributed by atoms with E-state index in [0.29, 0.717) is 36.9 Å². The van der Waals surface area contributed by atoms with Crippen molar-refractivity contribution in [1.82, 2.24) is 10.6 Å². The molecule has 0 unspecified atom stereocenters. The summed E-state index contributed by atoms with van der Waals surface area (Å²) in [7, 11) is 1.60. The molecule has 1 heterocycles. The molecule has 0 atom stereocenters. The van der Waals surface area contributed by atoms with Gasteiger partial charge < -0.3 is 29.6 Å². The van der Waals surface area contributed by atoms with E-state index < -0.39 is 0 Å². The fourth-order valence-corrected chi connectivity index (χ4v) is 2.52. The molecule has 7 heteroatoms. The number of urea groups is 1. The van der Waals surface area contributed by atoms with Crippen LogP contribution in [0.1, 0.15) is 11.1 Å². The summed E-state index contributed by atoms with van der Waals surface area (Å²) in [5.41, 5.74) is 2.03. The van der Waals surface area contributed by atoms with Gasteiger partial charge >= 0.3 is 6.03 Å². The molecule has 3 rings (SSSR count). The van der Waals surface area contributed by atoms with Gasteiger partial charge in [-0.05, 0) is 42.3 Å². The van der Waals surface area contributed by atoms with E-state index in [2.05, 4.69) is 10.6 Å². The topological polar surface area (TPSA) is 78.1 Å². The zero-order chi connectivity index (χ0) is 18.4. The van der Waals surface area contributed by atoms with Crippen molar-refractivity contribution in [3.05, 3.63) is 47.5 Å². The first-order valence-electron chi connectivity index (χ1n) is 8.33. The third-order valence-electron chi connectivity index (χ3n) is 3.85. The summed E-state index contributed by atoms with van der Waals surface area (Å²) in [6, 6.07) is 11.0. The molecule has 2 aromatic rings. The number of carbonyl (C=O) groups is 1. The molecule has 0 aromatic heterocycles. The second-order valence-corrected chi connectivity index (χ2v) is 5.80. The normalized spacial score (nSPS) is 11.8. The van der Waals surface area contributed by atoms with Crippen molar-refractivity contribution in [1.29, 1.82) is 0 Å². The predicted molar refractivity (Wildman–Crippen MR) is 96.0 cm³/mol. The molecule has 1 aliphatic rings. The highest BCUT2D eigenvalue weighted by Gasteiger charge is 2.13. The van der Waals surface area contributed by atoms with Crippen molar-refractivity contribution in [2.45, 2.75) is 13.5 Å². The largest absolute Gasteiger partial charge is 0.493 e. The van der Waals surface area contributed by atoms with Gasteiger partial charge in [0.25, 0.3) is 0 Å². The Hall–Kier alpha value is -3.09. The van der Waals surface area contributed by atoms with Crippen molar-refractivity contribution in [2.24, 2.45) is 0 Å². The first-order chi connectivity index (χ1) is 12.7. The number of benzene rings is 2. The van der Waals surface area contributed by atoms with E-state index in [4.69, 9.17) is 18.9 Å². The summed E-state index contributed by atoms with van der Waals surface area (Å²) < 4.78 is 21.5. The van der Waals surface area contributed by atoms with Crippen LogP contribution in [0.25, 0.3) is 0 Å². The molecule has 2 N–H and O–H groups in total. The molecule has 0 saturated carbocycles. The lowest BCUT2D eigenvalue weighted by molar-refractivity contribution is 0.174. The second kappa shape index (κ2) is 8.33. The first-order valence-corrected chi connectivity index (χ1v) is 8.33. The van der Waals surface area contributed by atoms with Crippen LogP contribution < -0.4 is 29.6 Å². The summed E-state index contributed by atoms with van der Waals surface area (Å²) in [5, 5.41) is 5.54. The minimum absolute atomic E-state index is 0.235. The number of methoxy groups -OCH3 is 1. The summed E-state index contributed by atoms with van der Waals surface area (Å²) in [5.74, 6) is 2.75. The quantitative estimate of drug-likeness (QED) is 0.744. The summed E-state index contributed by atoms with van der Waals surface area (Å²) in [4.78, 5) is 11.9. The molecule has 2 aromatic carbocycles. The molecule has 0 bridgehead atoms. The Balaban J connectivity index is 1.38. The van der Waals surface area contributed by atoms with Gasteiger partial charge in [0.05, 0.1) is 13.7 Å². The Morgan fingerprint density at radius 2 is 1.92 bits per heavy atom. The van der Waals surface area contributed by atoms with E-state index in [1.165, 1.54) is 0 Å². The van der Waals surface area contributed by atoms with Crippen molar-refractivity contribution >= 4 is 6.03 Å². The highest BCUT2D eigenvalue weighted by atomic mass is 16.7. The van der Waals surface area contributed by atoms with Gasteiger partial charge in [-0.2, -0.15) is 0 Å². The Morgan fingerprint density at radius 1 is 1.08 bits per heavy atom. The number of amides is 2. The van der Waals surface area contributed by atoms with Crippen molar-refractivity contribution in [3.63, 3.8) is 0 Å². The summed E-state index contributed by atoms with van der Waals surface area (Å²) in [6.45, 7) is 3.34. The van der Waals surface area contributed by atoms with Crippen LogP contribution in [0.3, 0.4) is 0 Å². The van der Waals surface area contributed by atoms with Gasteiger partial charge in [0.2, 0.25) is 6.79 Å². The minimum atomic E-state index is -0.262. The Bertz CT molecular complexity index is 779. The standard InChI is InChI=1S/C19H22N2O5/c1-13-3-5-15(17(9-13)23-2)24-8-7-20-19(22)21-11-14-4-6-16-18(10-14)26-12-25-16/h3-6,9-10H,7-8,11-12H2,1-2H3,(H2,20,21,22). The fourth-order valence-electron chi connectivity index (χ4n) is 2.52. The molecule has 1 aliphatic heterocycles. The number of nitrogens with one attached hydrogen (secondary N) is 2. The molecular formula is C19H22N2O5. The first kappa shape index (κ1) is 17.7. The molecule has 0 spiro atoms. The third kappa shape index (κ3) is 4.50. The second-order valence-electron chi connectivity index (χ2n) is 5.80. The number of ether oxygens (including phenoxy) is 4. The number of hydrogen-bond acceptors (Lipinski definition) is 5. The highest BCUT2D eigenvalue weighted by molar-refractivity contribution is 5.73. The van der Waals surface area contributed by atoms with Crippen LogP contribution in [0.5, 0.6) is 23.0 Å². The van der Waals surface area contributed by atoms with E-state index >= 15 is 0 Å². The van der Waals surface area contributed by atoms with Gasteiger partial charge in [-0.15, -0.1) is 0 Å². The van der Waals surface area contributed by atoms with E-state index in [0.717, 1.165) is 16.9 Å². The van der Waals surface area contributed by atoms with Crippen molar-refractivity contribution < 1.29 is 23.7 Å². The molecule has 0 radical (unpaired) electrons. The maximum atomic E-state index is 11.9. The number of aryl methyl sites for hydroxylation is 1. The maximum absolute atomic E-state index is 11.9. The number of carbonyl (C=O) groups excluding carboxylic acids is 1. The molecule has 2 amide bonds. The smallest absolute Gasteiger partial charge is 0.315 e. The van der Waals surface area contributed by atoms with Gasteiger partial charge in [0, 0.05) is 6.54 Å². The van der Waals surface area contributed by atoms with Crippen molar-refractivity contribution in [3.8, 4) is 23.0 Å². The lowest BCUT2D eigenvalue weighted by atomic mass is 10.2. The van der Waals surface area contributed by atoms with E-state index in [9.17, 15) is 4.79 Å². The van der Waals surface area contributed by atoms with Crippen LogP contribution in [0.2, 0.25) is 0 Å². The number of hydrogen-bond donors (Lipinski definition) is 2. The predicted octanol–water partition coefficient (Wildman–Crippen LogP) is 2.61. The Labute approximate surface area is 152 Å². The van der Waals surface area contributed by atoms with Crippen LogP contribution in [0.15, 0.2) is 36.4 Å². The lowest BCUT2D eigenvalue weighted by Gasteiger charge is -2.12. The van der Waals surface area contributed by atoms with Gasteiger partial charge in [0.15, 0.2) is 23.0 Å². The minimum Gasteiger partial charge on any atom is -0.493 e. The van der Waals surface area contributed by atoms with Crippen LogP contribution in [-0.2, 0) is 6.54 Å². The summed E-state index contributed by atoms with van der Waals surface area (Å²) in [6.07, 6.45) is 0. The van der Waals surface area contributed by atoms with Gasteiger partial charge in [-0.1, -0.05) is 12.1 Å². The zero-order valence-corrected chi connectivity index (χ0v) is 14.8. The molecule has 0 saturated heterocycles. The highest BCUT2D eigenvalue weighted by Crippen LogP contribution is 2.32. The molecule has 138 valence electrons.